The number of fused-ring (bicyclic) bond motifs is 1. The average Bonchev–Trinajstić information content (AvgIpc) is 2.27. The Kier molecular flexibility index (Phi) is 2.50. The van der Waals surface area contributed by atoms with Crippen LogP contribution in [0.5, 0.6) is 0 Å². The molecular formula is C11H13NO2. The van der Waals surface area contributed by atoms with Gasteiger partial charge in [0.1, 0.15) is 6.04 Å². The van der Waals surface area contributed by atoms with Gasteiger partial charge in [-0.3, -0.25) is 4.79 Å². The van der Waals surface area contributed by atoms with E-state index in [2.05, 4.69) is 17.4 Å². The van der Waals surface area contributed by atoms with E-state index in [0.717, 1.165) is 13.0 Å². The highest BCUT2D eigenvalue weighted by Crippen LogP contribution is 2.16. The minimum Gasteiger partial charge on any atom is -0.468 e. The molecule has 1 heterocycles. The van der Waals surface area contributed by atoms with Gasteiger partial charge in [-0.25, -0.2) is 0 Å². The molecule has 2 rings (SSSR count). The van der Waals surface area contributed by atoms with Gasteiger partial charge in [0.05, 0.1) is 7.11 Å². The van der Waals surface area contributed by atoms with Crippen LogP contribution >= 0.6 is 0 Å². The molecule has 0 amide bonds. The Labute approximate surface area is 83.1 Å². The van der Waals surface area contributed by atoms with Crippen LogP contribution in [0.2, 0.25) is 0 Å². The lowest BCUT2D eigenvalue weighted by Crippen LogP contribution is -2.42. The van der Waals surface area contributed by atoms with Gasteiger partial charge < -0.3 is 10.1 Å². The Morgan fingerprint density at radius 1 is 1.43 bits per heavy atom. The third-order valence-corrected chi connectivity index (χ3v) is 2.57. The van der Waals surface area contributed by atoms with Crippen molar-refractivity contribution < 1.29 is 9.53 Å². The summed E-state index contributed by atoms with van der Waals surface area (Å²) < 4.78 is 4.70. The molecule has 1 N–H and O–H groups in total. The molecule has 0 unspecified atom stereocenters. The maximum atomic E-state index is 11.3. The smallest absolute Gasteiger partial charge is 0.323 e. The van der Waals surface area contributed by atoms with Crippen LogP contribution in [0.4, 0.5) is 0 Å². The van der Waals surface area contributed by atoms with Gasteiger partial charge >= 0.3 is 5.97 Å². The summed E-state index contributed by atoms with van der Waals surface area (Å²) in [5.41, 5.74) is 2.51. The fraction of sp³-hybridized carbons (Fsp3) is 0.364. The highest BCUT2D eigenvalue weighted by molar-refractivity contribution is 5.76. The Bertz CT molecular complexity index is 349. The van der Waals surface area contributed by atoms with Crippen LogP contribution in [-0.2, 0) is 22.5 Å². The van der Waals surface area contributed by atoms with Gasteiger partial charge in [-0.2, -0.15) is 0 Å². The molecule has 1 aliphatic rings. The van der Waals surface area contributed by atoms with E-state index in [0.29, 0.717) is 0 Å². The molecule has 0 spiro atoms. The monoisotopic (exact) mass is 191 g/mol. The van der Waals surface area contributed by atoms with E-state index in [1.54, 1.807) is 0 Å². The molecule has 1 atom stereocenters. The molecule has 74 valence electrons. The van der Waals surface area contributed by atoms with Gasteiger partial charge in [0, 0.05) is 6.54 Å². The van der Waals surface area contributed by atoms with Crippen LogP contribution in [0.1, 0.15) is 11.1 Å². The molecule has 0 radical (unpaired) electrons. The Morgan fingerprint density at radius 3 is 2.86 bits per heavy atom. The fourth-order valence-corrected chi connectivity index (χ4v) is 1.76. The van der Waals surface area contributed by atoms with Crippen molar-refractivity contribution in [3.05, 3.63) is 35.4 Å². The number of carbonyl (C=O) groups excluding carboxylic acids is 1. The molecule has 3 nitrogen and oxygen atoms in total. The van der Waals surface area contributed by atoms with Crippen LogP contribution in [0, 0.1) is 0 Å². The standard InChI is InChI=1S/C11H13NO2/c1-14-11(13)10-6-8-4-2-3-5-9(8)7-12-10/h2-5,10,12H,6-7H2,1H3/t10-/m0/s1. The van der Waals surface area contributed by atoms with Crippen LogP contribution in [0.15, 0.2) is 24.3 Å². The molecule has 1 aromatic rings. The quantitative estimate of drug-likeness (QED) is 0.669. The average molecular weight is 191 g/mol. The zero-order chi connectivity index (χ0) is 9.97. The summed E-state index contributed by atoms with van der Waals surface area (Å²) in [6.07, 6.45) is 0.725. The van der Waals surface area contributed by atoms with E-state index in [-0.39, 0.29) is 12.0 Å². The second-order valence-corrected chi connectivity index (χ2v) is 3.43. The maximum Gasteiger partial charge on any atom is 0.323 e. The minimum atomic E-state index is -0.185. The normalized spacial score (nSPS) is 19.9. The summed E-state index contributed by atoms with van der Waals surface area (Å²) in [7, 11) is 1.42. The highest BCUT2D eigenvalue weighted by atomic mass is 16.5. The van der Waals surface area contributed by atoms with Gasteiger partial charge in [0.2, 0.25) is 0 Å². The first-order valence-electron chi connectivity index (χ1n) is 4.69. The second kappa shape index (κ2) is 3.80. The first-order valence-corrected chi connectivity index (χ1v) is 4.69. The van der Waals surface area contributed by atoms with Crippen LogP contribution in [0.3, 0.4) is 0 Å². The van der Waals surface area contributed by atoms with Gasteiger partial charge in [-0.15, -0.1) is 0 Å². The number of rotatable bonds is 1. The van der Waals surface area contributed by atoms with Crippen molar-refractivity contribution in [2.75, 3.05) is 7.11 Å². The predicted octanol–water partition coefficient (Wildman–Crippen LogP) is 0.874. The lowest BCUT2D eigenvalue weighted by atomic mass is 9.96. The molecule has 0 saturated heterocycles. The van der Waals surface area contributed by atoms with E-state index < -0.39 is 0 Å². The van der Waals surface area contributed by atoms with E-state index >= 15 is 0 Å². The van der Waals surface area contributed by atoms with Crippen molar-refractivity contribution in [1.82, 2.24) is 5.32 Å². The van der Waals surface area contributed by atoms with Crippen LogP contribution < -0.4 is 5.32 Å². The van der Waals surface area contributed by atoms with E-state index in [1.165, 1.54) is 18.2 Å². The van der Waals surface area contributed by atoms with Crippen molar-refractivity contribution in [2.24, 2.45) is 0 Å². The van der Waals surface area contributed by atoms with E-state index in [1.807, 2.05) is 12.1 Å². The maximum absolute atomic E-state index is 11.3. The van der Waals surface area contributed by atoms with Gasteiger partial charge in [0.15, 0.2) is 0 Å². The zero-order valence-electron chi connectivity index (χ0n) is 8.12. The number of hydrogen-bond acceptors (Lipinski definition) is 3. The third kappa shape index (κ3) is 1.63. The van der Waals surface area contributed by atoms with Gasteiger partial charge in [0.25, 0.3) is 0 Å². The SMILES string of the molecule is COC(=O)[C@@H]1Cc2ccccc2CN1. The first-order chi connectivity index (χ1) is 6.81. The molecule has 1 aromatic carbocycles. The molecule has 0 aromatic heterocycles. The molecule has 14 heavy (non-hydrogen) atoms. The summed E-state index contributed by atoms with van der Waals surface area (Å²) in [4.78, 5) is 11.3. The molecule has 1 aliphatic heterocycles. The fourth-order valence-electron chi connectivity index (χ4n) is 1.76. The summed E-state index contributed by atoms with van der Waals surface area (Å²) >= 11 is 0. The minimum absolute atomic E-state index is 0.181. The summed E-state index contributed by atoms with van der Waals surface area (Å²) in [5.74, 6) is -0.181. The number of methoxy groups -OCH3 is 1. The molecule has 3 heteroatoms. The number of hydrogen-bond donors (Lipinski definition) is 1. The number of esters is 1. The molecule has 0 bridgehead atoms. The lowest BCUT2D eigenvalue weighted by molar-refractivity contribution is -0.143. The Morgan fingerprint density at radius 2 is 2.14 bits per heavy atom. The highest BCUT2D eigenvalue weighted by Gasteiger charge is 2.23. The largest absolute Gasteiger partial charge is 0.468 e. The molecule has 0 saturated carbocycles. The topological polar surface area (TPSA) is 38.3 Å². The second-order valence-electron chi connectivity index (χ2n) is 3.43. The lowest BCUT2D eigenvalue weighted by Gasteiger charge is -2.23. The number of carbonyl (C=O) groups is 1. The molecular weight excluding hydrogens is 178 g/mol. The zero-order valence-corrected chi connectivity index (χ0v) is 8.12. The van der Waals surface area contributed by atoms with Gasteiger partial charge in [-0.1, -0.05) is 24.3 Å². The van der Waals surface area contributed by atoms with Crippen molar-refractivity contribution in [3.63, 3.8) is 0 Å². The Balaban J connectivity index is 2.17. The first kappa shape index (κ1) is 9.21. The summed E-state index contributed by atoms with van der Waals surface area (Å²) in [5, 5.41) is 3.15. The van der Waals surface area contributed by atoms with Crippen molar-refractivity contribution in [1.29, 1.82) is 0 Å². The van der Waals surface area contributed by atoms with Crippen molar-refractivity contribution >= 4 is 5.97 Å². The molecule has 0 aliphatic carbocycles. The predicted molar refractivity (Wildman–Crippen MR) is 52.8 cm³/mol. The van der Waals surface area contributed by atoms with Crippen LogP contribution in [-0.4, -0.2) is 19.1 Å². The number of benzene rings is 1. The van der Waals surface area contributed by atoms with E-state index in [4.69, 9.17) is 4.74 Å². The third-order valence-electron chi connectivity index (χ3n) is 2.57. The summed E-state index contributed by atoms with van der Waals surface area (Å²) in [6.45, 7) is 0.746. The summed E-state index contributed by atoms with van der Waals surface area (Å²) in [6, 6.07) is 7.97. The van der Waals surface area contributed by atoms with Crippen molar-refractivity contribution in [3.8, 4) is 0 Å². The molecule has 0 fully saturated rings. The van der Waals surface area contributed by atoms with Crippen LogP contribution in [0.25, 0.3) is 0 Å². The van der Waals surface area contributed by atoms with Crippen molar-refractivity contribution in [2.45, 2.75) is 19.0 Å². The number of nitrogens with one attached hydrogen (secondary N) is 1. The number of ether oxygens (including phenoxy) is 1. The van der Waals surface area contributed by atoms with Gasteiger partial charge in [-0.05, 0) is 17.5 Å². The van der Waals surface area contributed by atoms with E-state index in [9.17, 15) is 4.79 Å². The Hall–Kier alpha value is -1.35.